The van der Waals surface area contributed by atoms with Gasteiger partial charge in [0.15, 0.2) is 0 Å². The summed E-state index contributed by atoms with van der Waals surface area (Å²) in [5.74, 6) is -3.62. The van der Waals surface area contributed by atoms with Crippen molar-refractivity contribution in [1.29, 1.82) is 0 Å². The Labute approximate surface area is 262 Å². The van der Waals surface area contributed by atoms with Crippen LogP contribution in [0.3, 0.4) is 0 Å². The number of thioether (sulfide) groups is 1. The van der Waals surface area contributed by atoms with E-state index in [0.29, 0.717) is 60.8 Å². The van der Waals surface area contributed by atoms with Gasteiger partial charge < -0.3 is 14.8 Å². The molecular weight excluding hydrogens is 649 g/mol. The summed E-state index contributed by atoms with van der Waals surface area (Å²) in [6, 6.07) is 10.9. The third-order valence-corrected chi connectivity index (χ3v) is 9.80. The van der Waals surface area contributed by atoms with Crippen LogP contribution in [0.1, 0.15) is 42.4 Å². The maximum atomic E-state index is 14.4. The van der Waals surface area contributed by atoms with E-state index in [1.54, 1.807) is 0 Å². The van der Waals surface area contributed by atoms with Crippen molar-refractivity contribution >= 4 is 17.7 Å². The lowest BCUT2D eigenvalue weighted by molar-refractivity contribution is -0.392. The standard InChI is InChI=1S/C32H28F9NO3S/c33-22-8-10-24(11-9-22)46-29(16-23(17-29)42-28(43)19-12-14-44-15-13-19)20-4-6-21(7-5-20)30(31(36,37)38,32(39,40)41)45-18-25-26(34)2-1-3-27(25)35/h1-11,19,23H,12-18H2,(H,42,43). The van der Waals surface area contributed by atoms with Gasteiger partial charge in [-0.3, -0.25) is 4.79 Å². The third kappa shape index (κ3) is 6.75. The first kappa shape index (κ1) is 34.1. The van der Waals surface area contributed by atoms with Gasteiger partial charge in [0.05, 0.1) is 6.61 Å². The lowest BCUT2D eigenvalue weighted by Crippen LogP contribution is -2.56. The molecule has 1 aliphatic heterocycles. The molecule has 4 nitrogen and oxygen atoms in total. The number of benzene rings is 3. The average Bonchev–Trinajstić information content (AvgIpc) is 2.98. The van der Waals surface area contributed by atoms with Crippen molar-refractivity contribution in [3.8, 4) is 0 Å². The fourth-order valence-electron chi connectivity index (χ4n) is 5.82. The van der Waals surface area contributed by atoms with Crippen LogP contribution in [0, 0.1) is 23.4 Å². The topological polar surface area (TPSA) is 47.6 Å². The molecule has 1 amide bonds. The molecule has 0 atom stereocenters. The van der Waals surface area contributed by atoms with Crippen LogP contribution in [-0.2, 0) is 31.2 Å². The quantitative estimate of drug-likeness (QED) is 0.232. The van der Waals surface area contributed by atoms with Crippen LogP contribution in [0.5, 0.6) is 0 Å². The molecule has 5 rings (SSSR count). The minimum Gasteiger partial charge on any atom is -0.381 e. The minimum atomic E-state index is -6.08. The van der Waals surface area contributed by atoms with Crippen molar-refractivity contribution < 1.29 is 53.8 Å². The van der Waals surface area contributed by atoms with Gasteiger partial charge in [-0.1, -0.05) is 30.3 Å². The predicted molar refractivity (Wildman–Crippen MR) is 150 cm³/mol. The van der Waals surface area contributed by atoms with Crippen molar-refractivity contribution in [3.05, 3.63) is 101 Å². The summed E-state index contributed by atoms with van der Waals surface area (Å²) in [5, 5.41) is 2.98. The number of rotatable bonds is 9. The van der Waals surface area contributed by atoms with Crippen LogP contribution >= 0.6 is 11.8 Å². The molecule has 3 aromatic carbocycles. The Bertz CT molecular complexity index is 1480. The molecule has 0 radical (unpaired) electrons. The van der Waals surface area contributed by atoms with Crippen LogP contribution in [-0.4, -0.2) is 37.5 Å². The molecule has 0 aromatic heterocycles. The lowest BCUT2D eigenvalue weighted by Gasteiger charge is -2.48. The van der Waals surface area contributed by atoms with Crippen molar-refractivity contribution in [2.75, 3.05) is 13.2 Å². The molecule has 1 saturated carbocycles. The highest BCUT2D eigenvalue weighted by atomic mass is 32.2. The number of amides is 1. The van der Waals surface area contributed by atoms with E-state index in [4.69, 9.17) is 4.74 Å². The van der Waals surface area contributed by atoms with E-state index in [2.05, 4.69) is 10.1 Å². The normalized spacial score (nSPS) is 21.1. The number of hydrogen-bond acceptors (Lipinski definition) is 4. The van der Waals surface area contributed by atoms with Gasteiger partial charge in [-0.2, -0.15) is 26.3 Å². The van der Waals surface area contributed by atoms with Gasteiger partial charge in [0.25, 0.3) is 5.60 Å². The van der Waals surface area contributed by atoms with Crippen molar-refractivity contribution in [2.24, 2.45) is 5.92 Å². The predicted octanol–water partition coefficient (Wildman–Crippen LogP) is 8.33. The number of carbonyl (C=O) groups is 1. The fourth-order valence-corrected chi connectivity index (χ4v) is 7.36. The van der Waals surface area contributed by atoms with Gasteiger partial charge in [-0.25, -0.2) is 13.2 Å². The lowest BCUT2D eigenvalue weighted by atomic mass is 9.74. The van der Waals surface area contributed by atoms with Gasteiger partial charge in [0, 0.05) is 45.9 Å². The van der Waals surface area contributed by atoms with Gasteiger partial charge in [-0.15, -0.1) is 11.8 Å². The van der Waals surface area contributed by atoms with E-state index in [1.807, 2.05) is 0 Å². The second-order valence-corrected chi connectivity index (χ2v) is 12.8. The van der Waals surface area contributed by atoms with Crippen LogP contribution in [0.25, 0.3) is 0 Å². The number of carbonyl (C=O) groups excluding carboxylic acids is 1. The van der Waals surface area contributed by atoms with Gasteiger partial charge in [0.2, 0.25) is 5.91 Å². The zero-order valence-corrected chi connectivity index (χ0v) is 24.8. The van der Waals surface area contributed by atoms with E-state index in [0.717, 1.165) is 18.2 Å². The third-order valence-electron chi connectivity index (χ3n) is 8.33. The number of ether oxygens (including phenoxy) is 2. The number of nitrogens with one attached hydrogen (secondary N) is 1. The average molecular weight is 678 g/mol. The summed E-state index contributed by atoms with van der Waals surface area (Å²) < 4.78 is 137. The first-order valence-electron chi connectivity index (χ1n) is 14.3. The molecule has 2 fully saturated rings. The zero-order valence-electron chi connectivity index (χ0n) is 24.0. The van der Waals surface area contributed by atoms with Gasteiger partial charge in [0.1, 0.15) is 17.5 Å². The SMILES string of the molecule is O=C(NC1CC(Sc2ccc(F)cc2)(c2ccc(C(OCc3c(F)cccc3F)(C(F)(F)F)C(F)(F)F)cc2)C1)C1CCOCC1. The van der Waals surface area contributed by atoms with Crippen LogP contribution in [0.2, 0.25) is 0 Å². The van der Waals surface area contributed by atoms with Gasteiger partial charge in [-0.05, 0) is 67.6 Å². The highest BCUT2D eigenvalue weighted by Gasteiger charge is 2.73. The summed E-state index contributed by atoms with van der Waals surface area (Å²) in [6.07, 6.45) is -10.5. The van der Waals surface area contributed by atoms with Crippen molar-refractivity contribution in [2.45, 2.75) is 65.9 Å². The molecular formula is C32H28F9NO3S. The van der Waals surface area contributed by atoms with Crippen LogP contribution in [0.15, 0.2) is 71.6 Å². The molecule has 0 bridgehead atoms. The second-order valence-electron chi connectivity index (χ2n) is 11.3. The summed E-state index contributed by atoms with van der Waals surface area (Å²) in [4.78, 5) is 13.4. The van der Waals surface area contributed by atoms with E-state index in [9.17, 15) is 44.3 Å². The molecule has 2 aliphatic rings. The Morgan fingerprint density at radius 1 is 0.848 bits per heavy atom. The molecule has 0 unspecified atom stereocenters. The summed E-state index contributed by atoms with van der Waals surface area (Å²) in [7, 11) is 0. The summed E-state index contributed by atoms with van der Waals surface area (Å²) in [6.45, 7) is -0.746. The molecule has 248 valence electrons. The van der Waals surface area contributed by atoms with Crippen LogP contribution in [0.4, 0.5) is 39.5 Å². The number of alkyl halides is 6. The Hall–Kier alpha value is -3.23. The maximum Gasteiger partial charge on any atom is 0.430 e. The molecule has 46 heavy (non-hydrogen) atoms. The highest BCUT2D eigenvalue weighted by Crippen LogP contribution is 2.57. The fraction of sp³-hybridized carbons (Fsp3) is 0.406. The highest BCUT2D eigenvalue weighted by molar-refractivity contribution is 8.00. The zero-order chi connectivity index (χ0) is 33.3. The summed E-state index contributed by atoms with van der Waals surface area (Å²) >= 11 is 1.24. The Balaban J connectivity index is 1.46. The Morgan fingerprint density at radius 3 is 1.96 bits per heavy atom. The van der Waals surface area contributed by atoms with Crippen molar-refractivity contribution in [3.63, 3.8) is 0 Å². The smallest absolute Gasteiger partial charge is 0.381 e. The Morgan fingerprint density at radius 2 is 1.41 bits per heavy atom. The molecule has 1 heterocycles. The Kier molecular flexibility index (Phi) is 9.72. The molecule has 0 spiro atoms. The number of halogens is 9. The van der Waals surface area contributed by atoms with Crippen molar-refractivity contribution in [1.82, 2.24) is 5.32 Å². The first-order valence-corrected chi connectivity index (χ1v) is 15.1. The molecule has 1 N–H and O–H groups in total. The molecule has 1 aliphatic carbocycles. The van der Waals surface area contributed by atoms with Crippen LogP contribution < -0.4 is 5.32 Å². The maximum absolute atomic E-state index is 14.4. The summed E-state index contributed by atoms with van der Waals surface area (Å²) in [5.41, 5.74) is -6.97. The molecule has 14 heteroatoms. The van der Waals surface area contributed by atoms with E-state index >= 15 is 0 Å². The van der Waals surface area contributed by atoms with E-state index < -0.39 is 57.9 Å². The molecule has 1 saturated heterocycles. The largest absolute Gasteiger partial charge is 0.430 e. The minimum absolute atomic E-state index is 0.160. The second kappa shape index (κ2) is 13.1. The number of hydrogen-bond donors (Lipinski definition) is 1. The molecule has 3 aromatic rings. The first-order chi connectivity index (χ1) is 21.6. The van der Waals surface area contributed by atoms with Gasteiger partial charge >= 0.3 is 12.4 Å². The monoisotopic (exact) mass is 677 g/mol. The van der Waals surface area contributed by atoms with E-state index in [-0.39, 0.29) is 30.7 Å². The van der Waals surface area contributed by atoms with E-state index in [1.165, 1.54) is 36.0 Å².